The number of pyridine rings is 3. The number of rotatable bonds is 12. The van der Waals surface area contributed by atoms with Gasteiger partial charge in [-0.2, -0.15) is 0 Å². The van der Waals surface area contributed by atoms with E-state index < -0.39 is 0 Å². The number of carbonyl (C=O) groups excluding carboxylic acids is 1. The molecule has 1 amide bonds. The molecule has 0 saturated carbocycles. The number of para-hydroxylation sites is 1. The molecule has 6 aromatic heterocycles. The van der Waals surface area contributed by atoms with Gasteiger partial charge >= 0.3 is 0 Å². The van der Waals surface area contributed by atoms with Crippen molar-refractivity contribution in [2.75, 3.05) is 5.32 Å². The summed E-state index contributed by atoms with van der Waals surface area (Å²) in [6, 6.07) is 46.2. The van der Waals surface area contributed by atoms with Gasteiger partial charge in [0, 0.05) is 92.8 Å². The molecule has 12 rings (SSSR count). The molecule has 0 radical (unpaired) electrons. The van der Waals surface area contributed by atoms with Crippen LogP contribution in [0.15, 0.2) is 140 Å². The maximum absolute atomic E-state index is 14.6. The molecule has 8 bridgehead atoms. The molecule has 416 valence electrons. The van der Waals surface area contributed by atoms with Gasteiger partial charge in [0.05, 0.1) is 45.4 Å². The fourth-order valence-electron chi connectivity index (χ4n) is 12.9. The quantitative estimate of drug-likeness (QED) is 0.111. The summed E-state index contributed by atoms with van der Waals surface area (Å²) in [4.78, 5) is 50.7. The molecule has 0 saturated heterocycles. The van der Waals surface area contributed by atoms with Crippen LogP contribution >= 0.6 is 0 Å². The number of nitrogens with zero attached hydrogens (tertiary/aromatic N) is 6. The third kappa shape index (κ3) is 11.0. The topological polar surface area (TPSA) is 128 Å². The molecule has 0 atom stereocenters. The third-order valence-corrected chi connectivity index (χ3v) is 16.1. The third-order valence-electron chi connectivity index (χ3n) is 16.1. The Morgan fingerprint density at radius 1 is 0.405 bits per heavy atom. The van der Waals surface area contributed by atoms with Crippen LogP contribution in [0, 0.1) is 76.2 Å². The van der Waals surface area contributed by atoms with E-state index in [1.54, 1.807) is 6.20 Å². The maximum atomic E-state index is 14.6. The molecule has 4 aromatic carbocycles. The first-order valence-corrected chi connectivity index (χ1v) is 28.9. The summed E-state index contributed by atoms with van der Waals surface area (Å²) in [6.45, 7) is 25.4. The van der Waals surface area contributed by atoms with Gasteiger partial charge < -0.3 is 15.3 Å². The van der Waals surface area contributed by atoms with E-state index >= 15 is 0 Å². The molecule has 3 N–H and O–H groups in total. The molecule has 84 heavy (non-hydrogen) atoms. The second-order valence-electron chi connectivity index (χ2n) is 23.0. The van der Waals surface area contributed by atoms with E-state index in [2.05, 4.69) is 186 Å². The molecule has 0 unspecified atom stereocenters. The highest BCUT2D eigenvalue weighted by atomic mass is 16.1. The van der Waals surface area contributed by atoms with Gasteiger partial charge in [0.25, 0.3) is 5.91 Å². The molecule has 0 fully saturated rings. The minimum Gasteiger partial charge on any atom is -0.354 e. The van der Waals surface area contributed by atoms with Gasteiger partial charge in [-0.25, -0.2) is 9.97 Å². The van der Waals surface area contributed by atoms with Crippen LogP contribution < -0.4 is 5.32 Å². The summed E-state index contributed by atoms with van der Waals surface area (Å²) in [5.74, 6) is -0.280. The first kappa shape index (κ1) is 54.9. The Balaban J connectivity index is 1.04. The molecule has 2 aliphatic heterocycles. The molecule has 0 spiro atoms. The van der Waals surface area contributed by atoms with Crippen LogP contribution in [0.2, 0.25) is 0 Å². The van der Waals surface area contributed by atoms with E-state index in [0.717, 1.165) is 140 Å². The maximum Gasteiger partial charge on any atom is 0.257 e. The van der Waals surface area contributed by atoms with Gasteiger partial charge in [0.15, 0.2) is 0 Å². The number of aromatic amines is 2. The zero-order chi connectivity index (χ0) is 58.5. The van der Waals surface area contributed by atoms with Gasteiger partial charge in [-0.1, -0.05) is 83.4 Å². The highest BCUT2D eigenvalue weighted by Crippen LogP contribution is 2.43. The lowest BCUT2D eigenvalue weighted by Crippen LogP contribution is -2.24. The lowest BCUT2D eigenvalue weighted by molar-refractivity contribution is 0.102. The zero-order valence-corrected chi connectivity index (χ0v) is 49.8. The number of hydrogen-bond donors (Lipinski definition) is 3. The smallest absolute Gasteiger partial charge is 0.257 e. The fraction of sp³-hybridized carbons (Fsp3) is 0.189. The summed E-state index contributed by atoms with van der Waals surface area (Å²) in [5.41, 5.74) is 31.4. The van der Waals surface area contributed by atoms with Crippen molar-refractivity contribution in [3.63, 3.8) is 0 Å². The predicted molar refractivity (Wildman–Crippen MR) is 346 cm³/mol. The second kappa shape index (κ2) is 22.6. The van der Waals surface area contributed by atoms with E-state index in [0.29, 0.717) is 30.9 Å². The lowest BCUT2D eigenvalue weighted by Gasteiger charge is -2.22. The molecule has 2 aliphatic rings. The summed E-state index contributed by atoms with van der Waals surface area (Å²) in [7, 11) is 0. The number of amides is 1. The largest absolute Gasteiger partial charge is 0.354 e. The number of aryl methyl sites for hydroxylation is 11. The monoisotopic (exact) mass is 1100 g/mol. The van der Waals surface area contributed by atoms with E-state index in [-0.39, 0.29) is 5.91 Å². The number of H-pyrrole nitrogens is 2. The van der Waals surface area contributed by atoms with Gasteiger partial charge in [-0.15, -0.1) is 0 Å². The van der Waals surface area contributed by atoms with Gasteiger partial charge in [-0.05, 0) is 217 Å². The van der Waals surface area contributed by atoms with Gasteiger partial charge in [0.1, 0.15) is 0 Å². The van der Waals surface area contributed by atoms with Crippen LogP contribution in [-0.4, -0.2) is 45.7 Å². The molecule has 10 aromatic rings. The average molecular weight is 1100 g/mol. The van der Waals surface area contributed by atoms with Crippen molar-refractivity contribution in [2.24, 2.45) is 0 Å². The first-order valence-electron chi connectivity index (χ1n) is 28.9. The number of nitrogens with one attached hydrogen (secondary N) is 3. The molecular formula is C74H69N9O. The van der Waals surface area contributed by atoms with Crippen molar-refractivity contribution in [3.05, 3.63) is 247 Å². The average Bonchev–Trinajstić information content (AvgIpc) is 3.10. The molecule has 10 heteroatoms. The van der Waals surface area contributed by atoms with Crippen LogP contribution in [0.25, 0.3) is 90.9 Å². The van der Waals surface area contributed by atoms with Crippen LogP contribution in [0.1, 0.15) is 112 Å². The Kier molecular flexibility index (Phi) is 14.8. The van der Waals surface area contributed by atoms with E-state index in [1.807, 2.05) is 68.4 Å². The second-order valence-corrected chi connectivity index (χ2v) is 23.0. The molecule has 10 nitrogen and oxygen atoms in total. The van der Waals surface area contributed by atoms with Crippen molar-refractivity contribution >= 4 is 58.0 Å². The Labute approximate surface area is 492 Å². The SMILES string of the molecule is Cc1cc(C)c(-c2c3nc(c(-c4c(C)cc(C)cc4C)c4ccc([nH]4)c(-c4c(C)cc(C)cc4C)c4nc(c(-c5ccccc5NC(=O)c5ccc(CN(Cc6cccc(C)n6)Cc6cccc(C)n6)nc5)c5ccc2[nH]5)C=C4)C=C3)c(C)c1. The normalized spacial score (nSPS) is 12.0. The van der Waals surface area contributed by atoms with Gasteiger partial charge in [-0.3, -0.25) is 24.6 Å². The van der Waals surface area contributed by atoms with E-state index in [9.17, 15) is 4.79 Å². The standard InChI is InChI=1S/C74H69N9O/c1-42-32-45(4)67(46(5)33-42)71-61-26-24-59(78-61)70(57-20-12-13-21-58(57)82-74(84)53-22-23-54(75-38-53)39-83(40-55-18-14-16-51(10)76-55)41-56-19-15-17-52(11)77-56)60-25-27-62(79-60)72(68-47(6)34-43(2)35-48(68)7)64-29-31-66(81-64)73(65-30-28-63(71)80-65)69-49(8)36-44(3)37-50(69)9/h12-38,78,81H,39-41H2,1-11H3,(H,82,84). The number of fused-ring (bicyclic) bond motifs is 8. The highest BCUT2D eigenvalue weighted by molar-refractivity contribution is 6.08. The van der Waals surface area contributed by atoms with E-state index in [4.69, 9.17) is 24.9 Å². The Bertz CT molecular complexity index is 4360. The number of benzene rings is 4. The Morgan fingerprint density at radius 3 is 1.20 bits per heavy atom. The van der Waals surface area contributed by atoms with Crippen molar-refractivity contribution in [3.8, 4) is 44.5 Å². The number of hydrogen-bond acceptors (Lipinski definition) is 7. The molecule has 8 heterocycles. The van der Waals surface area contributed by atoms with Crippen molar-refractivity contribution < 1.29 is 4.79 Å². The highest BCUT2D eigenvalue weighted by Gasteiger charge is 2.24. The van der Waals surface area contributed by atoms with E-state index in [1.165, 1.54) is 27.8 Å². The number of carbonyl (C=O) groups is 1. The first-order chi connectivity index (χ1) is 40.5. The minimum absolute atomic E-state index is 0.280. The van der Waals surface area contributed by atoms with Crippen LogP contribution in [0.3, 0.4) is 0 Å². The Morgan fingerprint density at radius 2 is 0.798 bits per heavy atom. The van der Waals surface area contributed by atoms with Gasteiger partial charge in [0.2, 0.25) is 0 Å². The molecule has 0 aliphatic carbocycles. The van der Waals surface area contributed by atoms with Crippen LogP contribution in [0.4, 0.5) is 5.69 Å². The van der Waals surface area contributed by atoms with Crippen LogP contribution in [-0.2, 0) is 19.6 Å². The Hall–Kier alpha value is -9.64. The number of anilines is 1. The summed E-state index contributed by atoms with van der Waals surface area (Å²) in [6.07, 6.45) is 10.3. The summed E-state index contributed by atoms with van der Waals surface area (Å²) >= 11 is 0. The zero-order valence-electron chi connectivity index (χ0n) is 49.8. The summed E-state index contributed by atoms with van der Waals surface area (Å²) < 4.78 is 0. The van der Waals surface area contributed by atoms with Crippen molar-refractivity contribution in [1.82, 2.24) is 39.8 Å². The van der Waals surface area contributed by atoms with Crippen molar-refractivity contribution in [2.45, 2.75) is 95.8 Å². The predicted octanol–water partition coefficient (Wildman–Crippen LogP) is 17.4. The lowest BCUT2D eigenvalue weighted by atomic mass is 9.92. The van der Waals surface area contributed by atoms with Crippen molar-refractivity contribution in [1.29, 1.82) is 0 Å². The van der Waals surface area contributed by atoms with Crippen LogP contribution in [0.5, 0.6) is 0 Å². The fourth-order valence-corrected chi connectivity index (χ4v) is 12.9. The summed E-state index contributed by atoms with van der Waals surface area (Å²) in [5, 5.41) is 3.32. The minimum atomic E-state index is -0.280. The number of aromatic nitrogens is 7. The molecular weight excluding hydrogens is 1030 g/mol.